The molecule has 0 amide bonds. The molecule has 0 aliphatic heterocycles. The van der Waals surface area contributed by atoms with Crippen LogP contribution in [-0.4, -0.2) is 28.2 Å². The standard InChI is InChI=1S/C12H10N2O3/c1-17-8-6-10(9-4-2-3-5-13-9)14-11(7-8)12(15)16/h2-7H,1H3,(H,15,16). The zero-order chi connectivity index (χ0) is 12.3. The third-order valence-corrected chi connectivity index (χ3v) is 2.18. The molecule has 1 N–H and O–H groups in total. The summed E-state index contributed by atoms with van der Waals surface area (Å²) in [5.74, 6) is -0.654. The van der Waals surface area contributed by atoms with Crippen molar-refractivity contribution in [2.24, 2.45) is 0 Å². The SMILES string of the molecule is COc1cc(C(=O)O)nc(-c2ccccn2)c1. The zero-order valence-electron chi connectivity index (χ0n) is 9.12. The fraction of sp³-hybridized carbons (Fsp3) is 0.0833. The Morgan fingerprint density at radius 1 is 1.29 bits per heavy atom. The molecule has 0 fully saturated rings. The molecule has 5 nitrogen and oxygen atoms in total. The van der Waals surface area contributed by atoms with Crippen LogP contribution in [0.25, 0.3) is 11.4 Å². The summed E-state index contributed by atoms with van der Waals surface area (Å²) in [6, 6.07) is 8.36. The van der Waals surface area contributed by atoms with E-state index in [1.165, 1.54) is 13.2 Å². The van der Waals surface area contributed by atoms with E-state index in [0.29, 0.717) is 17.1 Å². The highest BCUT2D eigenvalue weighted by Gasteiger charge is 2.10. The predicted molar refractivity (Wildman–Crippen MR) is 61.0 cm³/mol. The molecule has 2 aromatic heterocycles. The smallest absolute Gasteiger partial charge is 0.354 e. The largest absolute Gasteiger partial charge is 0.497 e. The number of pyridine rings is 2. The maximum Gasteiger partial charge on any atom is 0.354 e. The first-order valence-corrected chi connectivity index (χ1v) is 4.91. The van der Waals surface area contributed by atoms with Crippen LogP contribution in [0.5, 0.6) is 5.75 Å². The first kappa shape index (κ1) is 11.1. The second-order valence-electron chi connectivity index (χ2n) is 3.30. The van der Waals surface area contributed by atoms with E-state index >= 15 is 0 Å². The molecule has 0 saturated carbocycles. The topological polar surface area (TPSA) is 72.3 Å². The van der Waals surface area contributed by atoms with E-state index < -0.39 is 5.97 Å². The van der Waals surface area contributed by atoms with E-state index in [2.05, 4.69) is 9.97 Å². The third kappa shape index (κ3) is 2.39. The van der Waals surface area contributed by atoms with Gasteiger partial charge in [-0.2, -0.15) is 0 Å². The Hall–Kier alpha value is -2.43. The Morgan fingerprint density at radius 3 is 2.71 bits per heavy atom. The van der Waals surface area contributed by atoms with Gasteiger partial charge in [-0.15, -0.1) is 0 Å². The minimum atomic E-state index is -1.10. The number of carboxylic acids is 1. The first-order valence-electron chi connectivity index (χ1n) is 4.91. The van der Waals surface area contributed by atoms with Gasteiger partial charge in [0.2, 0.25) is 0 Å². The van der Waals surface area contributed by atoms with Crippen molar-refractivity contribution in [1.29, 1.82) is 0 Å². The van der Waals surface area contributed by atoms with Crippen LogP contribution < -0.4 is 4.74 Å². The van der Waals surface area contributed by atoms with Crippen LogP contribution in [0, 0.1) is 0 Å². The normalized spacial score (nSPS) is 9.94. The molecule has 0 unspecified atom stereocenters. The van der Waals surface area contributed by atoms with Gasteiger partial charge in [-0.25, -0.2) is 9.78 Å². The number of nitrogens with zero attached hydrogens (tertiary/aromatic N) is 2. The number of hydrogen-bond donors (Lipinski definition) is 1. The molecule has 0 aliphatic carbocycles. The van der Waals surface area contributed by atoms with Gasteiger partial charge in [-0.3, -0.25) is 4.98 Å². The summed E-state index contributed by atoms with van der Waals surface area (Å²) in [5, 5.41) is 8.94. The van der Waals surface area contributed by atoms with E-state index in [1.54, 1.807) is 24.4 Å². The van der Waals surface area contributed by atoms with Crippen LogP contribution in [0.3, 0.4) is 0 Å². The predicted octanol–water partition coefficient (Wildman–Crippen LogP) is 1.85. The van der Waals surface area contributed by atoms with Crippen molar-refractivity contribution in [1.82, 2.24) is 9.97 Å². The Kier molecular flexibility index (Phi) is 3.00. The molecule has 2 rings (SSSR count). The average Bonchev–Trinajstić information content (AvgIpc) is 2.39. The van der Waals surface area contributed by atoms with E-state index in [4.69, 9.17) is 9.84 Å². The van der Waals surface area contributed by atoms with Gasteiger partial charge >= 0.3 is 5.97 Å². The van der Waals surface area contributed by atoms with E-state index in [0.717, 1.165) is 0 Å². The number of carboxylic acid groups (broad SMARTS) is 1. The summed E-state index contributed by atoms with van der Waals surface area (Å²) in [6.45, 7) is 0. The number of ether oxygens (including phenoxy) is 1. The van der Waals surface area contributed by atoms with Gasteiger partial charge in [0, 0.05) is 18.3 Å². The molecular formula is C12H10N2O3. The lowest BCUT2D eigenvalue weighted by molar-refractivity contribution is 0.0690. The molecule has 0 aliphatic rings. The summed E-state index contributed by atoms with van der Waals surface area (Å²) in [5.41, 5.74) is 1.02. The van der Waals surface area contributed by atoms with Gasteiger partial charge in [0.05, 0.1) is 18.5 Å². The maximum atomic E-state index is 10.9. The van der Waals surface area contributed by atoms with Crippen molar-refractivity contribution in [3.8, 4) is 17.1 Å². The van der Waals surface area contributed by atoms with Crippen molar-refractivity contribution in [2.75, 3.05) is 7.11 Å². The van der Waals surface area contributed by atoms with Gasteiger partial charge in [-0.1, -0.05) is 6.07 Å². The van der Waals surface area contributed by atoms with Crippen molar-refractivity contribution in [3.05, 3.63) is 42.2 Å². The maximum absolute atomic E-state index is 10.9. The van der Waals surface area contributed by atoms with Crippen molar-refractivity contribution in [3.63, 3.8) is 0 Å². The summed E-state index contributed by atoms with van der Waals surface area (Å²) in [4.78, 5) is 19.0. The van der Waals surface area contributed by atoms with E-state index in [-0.39, 0.29) is 5.69 Å². The number of methoxy groups -OCH3 is 1. The second kappa shape index (κ2) is 4.61. The van der Waals surface area contributed by atoms with Gasteiger partial charge in [0.15, 0.2) is 5.69 Å². The lowest BCUT2D eigenvalue weighted by Gasteiger charge is -2.05. The fourth-order valence-corrected chi connectivity index (χ4v) is 1.38. The zero-order valence-corrected chi connectivity index (χ0v) is 9.12. The second-order valence-corrected chi connectivity index (χ2v) is 3.30. The lowest BCUT2D eigenvalue weighted by atomic mass is 10.2. The molecule has 86 valence electrons. The minimum Gasteiger partial charge on any atom is -0.497 e. The summed E-state index contributed by atoms with van der Waals surface area (Å²) in [7, 11) is 1.48. The highest BCUT2D eigenvalue weighted by atomic mass is 16.5. The van der Waals surface area contributed by atoms with E-state index in [9.17, 15) is 4.79 Å². The summed E-state index contributed by atoms with van der Waals surface area (Å²) < 4.78 is 5.04. The molecule has 0 radical (unpaired) electrons. The van der Waals surface area contributed by atoms with Crippen LogP contribution in [0.4, 0.5) is 0 Å². The van der Waals surface area contributed by atoms with E-state index in [1.807, 2.05) is 6.07 Å². The minimum absolute atomic E-state index is 0.0648. The summed E-state index contributed by atoms with van der Waals surface area (Å²) >= 11 is 0. The Morgan fingerprint density at radius 2 is 2.12 bits per heavy atom. The van der Waals surface area contributed by atoms with Crippen LogP contribution in [-0.2, 0) is 0 Å². The van der Waals surface area contributed by atoms with Crippen molar-refractivity contribution in [2.45, 2.75) is 0 Å². The third-order valence-electron chi connectivity index (χ3n) is 2.18. The molecule has 0 spiro atoms. The molecule has 17 heavy (non-hydrogen) atoms. The molecule has 5 heteroatoms. The lowest BCUT2D eigenvalue weighted by Crippen LogP contribution is -2.02. The first-order chi connectivity index (χ1) is 8.20. The Labute approximate surface area is 97.7 Å². The summed E-state index contributed by atoms with van der Waals surface area (Å²) in [6.07, 6.45) is 1.62. The van der Waals surface area contributed by atoms with Crippen molar-refractivity contribution >= 4 is 5.97 Å². The molecule has 0 saturated heterocycles. The van der Waals surface area contributed by atoms with Gasteiger partial charge in [0.25, 0.3) is 0 Å². The van der Waals surface area contributed by atoms with Crippen LogP contribution in [0.2, 0.25) is 0 Å². The average molecular weight is 230 g/mol. The van der Waals surface area contributed by atoms with Gasteiger partial charge < -0.3 is 9.84 Å². The number of aromatic carboxylic acids is 1. The number of hydrogen-bond acceptors (Lipinski definition) is 4. The highest BCUT2D eigenvalue weighted by Crippen LogP contribution is 2.21. The molecule has 0 aromatic carbocycles. The van der Waals surface area contributed by atoms with Crippen LogP contribution in [0.15, 0.2) is 36.5 Å². The number of aromatic nitrogens is 2. The van der Waals surface area contributed by atoms with Gasteiger partial charge in [0.1, 0.15) is 5.75 Å². The van der Waals surface area contributed by atoms with Crippen LogP contribution in [0.1, 0.15) is 10.5 Å². The van der Waals surface area contributed by atoms with Gasteiger partial charge in [-0.05, 0) is 12.1 Å². The molecule has 0 bridgehead atoms. The number of carbonyl (C=O) groups is 1. The van der Waals surface area contributed by atoms with Crippen LogP contribution >= 0.6 is 0 Å². The molecule has 2 aromatic rings. The quantitative estimate of drug-likeness (QED) is 0.871. The number of rotatable bonds is 3. The fourth-order valence-electron chi connectivity index (χ4n) is 1.38. The molecule has 0 atom stereocenters. The Balaban J connectivity index is 2.54. The Bertz CT molecular complexity index is 541. The molecule has 2 heterocycles. The highest BCUT2D eigenvalue weighted by molar-refractivity contribution is 5.86. The van der Waals surface area contributed by atoms with Crippen molar-refractivity contribution < 1.29 is 14.6 Å². The monoisotopic (exact) mass is 230 g/mol. The molecular weight excluding hydrogens is 220 g/mol.